The fourth-order valence-corrected chi connectivity index (χ4v) is 9.42. The van der Waals surface area contributed by atoms with Gasteiger partial charge in [0.25, 0.3) is 11.8 Å². The van der Waals surface area contributed by atoms with Crippen molar-refractivity contribution in [3.63, 3.8) is 0 Å². The monoisotopic (exact) mass is 961 g/mol. The number of hydrogen-bond donors (Lipinski definition) is 6. The van der Waals surface area contributed by atoms with Gasteiger partial charge >= 0.3 is 0 Å². The van der Waals surface area contributed by atoms with Crippen molar-refractivity contribution < 1.29 is 19.8 Å². The molecule has 2 unspecified atom stereocenters. The summed E-state index contributed by atoms with van der Waals surface area (Å²) in [5, 5.41) is 38.9. The number of aliphatic hydroxyl groups is 2. The molecule has 8 aromatic rings. The molecule has 0 radical (unpaired) electrons. The predicted molar refractivity (Wildman–Crippen MR) is 284 cm³/mol. The summed E-state index contributed by atoms with van der Waals surface area (Å²) in [6, 6.07) is 53.6. The van der Waals surface area contributed by atoms with E-state index in [1.165, 1.54) is 25.7 Å². The maximum absolute atomic E-state index is 13.4. The highest BCUT2D eigenvalue weighted by atomic mass is 16.3. The molecule has 0 spiro atoms. The zero-order chi connectivity index (χ0) is 50.2. The molecule has 2 fully saturated rings. The zero-order valence-electron chi connectivity index (χ0n) is 41.0. The van der Waals surface area contributed by atoms with Crippen molar-refractivity contribution in [3.05, 3.63) is 226 Å². The van der Waals surface area contributed by atoms with Crippen LogP contribution in [0.4, 0.5) is 11.4 Å². The molecule has 0 saturated heterocycles. The molecule has 72 heavy (non-hydrogen) atoms. The third-order valence-electron chi connectivity index (χ3n) is 13.8. The Morgan fingerprint density at radius 2 is 0.889 bits per heavy atom. The average Bonchev–Trinajstić information content (AvgIpc) is 4.36. The van der Waals surface area contributed by atoms with Crippen LogP contribution in [0.2, 0.25) is 0 Å². The van der Waals surface area contributed by atoms with E-state index >= 15 is 0 Å². The molecular weight excluding hydrogens is 897 g/mol. The average molecular weight is 961 g/mol. The number of carbonyl (C=O) groups excluding carboxylic acids is 2. The van der Waals surface area contributed by atoms with Gasteiger partial charge in [-0.05, 0) is 145 Å². The normalized spacial score (nSPS) is 14.9. The summed E-state index contributed by atoms with van der Waals surface area (Å²) in [5.41, 5.74) is 19.7. The number of carbonyl (C=O) groups is 2. The second-order valence-electron chi connectivity index (χ2n) is 19.4. The van der Waals surface area contributed by atoms with Crippen LogP contribution >= 0.6 is 0 Å². The summed E-state index contributed by atoms with van der Waals surface area (Å²) in [6.07, 6.45) is 8.19. The largest absolute Gasteiger partial charge is 0.380 e. The van der Waals surface area contributed by atoms with Gasteiger partial charge in [-0.3, -0.25) is 9.59 Å². The van der Waals surface area contributed by atoms with E-state index in [0.717, 1.165) is 69.0 Å². The van der Waals surface area contributed by atoms with Gasteiger partial charge in [-0.1, -0.05) is 135 Å². The molecule has 8 N–H and O–H groups in total. The number of nitrogens with two attached hydrogens (primary N) is 2. The van der Waals surface area contributed by atoms with Crippen LogP contribution in [-0.2, 0) is 24.3 Å². The third kappa shape index (κ3) is 11.6. The number of rotatable bonds is 18. The first kappa shape index (κ1) is 49.5. The molecule has 12 nitrogen and oxygen atoms in total. The lowest BCUT2D eigenvalue weighted by molar-refractivity contribution is 0.0667. The second-order valence-corrected chi connectivity index (χ2v) is 19.4. The highest BCUT2D eigenvalue weighted by molar-refractivity contribution is 6.04. The lowest BCUT2D eigenvalue weighted by atomic mass is 9.82. The van der Waals surface area contributed by atoms with Gasteiger partial charge in [-0.25, -0.2) is 9.36 Å². The summed E-state index contributed by atoms with van der Waals surface area (Å²) in [5.74, 6) is 0.855. The summed E-state index contributed by atoms with van der Waals surface area (Å²) in [4.78, 5) is 26.7. The number of anilines is 2. The van der Waals surface area contributed by atoms with Crippen molar-refractivity contribution >= 4 is 23.2 Å². The predicted octanol–water partition coefficient (Wildman–Crippen LogP) is 10.6. The van der Waals surface area contributed by atoms with Gasteiger partial charge in [0.1, 0.15) is 22.6 Å². The molecule has 2 heterocycles. The van der Waals surface area contributed by atoms with Gasteiger partial charge < -0.3 is 32.3 Å². The van der Waals surface area contributed by atoms with Crippen LogP contribution < -0.4 is 22.1 Å². The molecule has 0 aliphatic heterocycles. The minimum atomic E-state index is -1.12. The lowest BCUT2D eigenvalue weighted by Crippen LogP contribution is -2.28. The fourth-order valence-electron chi connectivity index (χ4n) is 9.42. The number of benzene rings is 6. The van der Waals surface area contributed by atoms with Gasteiger partial charge in [-0.15, -0.1) is 0 Å². The molecule has 2 atom stereocenters. The van der Waals surface area contributed by atoms with Crippen LogP contribution in [-0.4, -0.2) is 41.6 Å². The molecule has 10 rings (SSSR count). The number of amides is 2. The topological polar surface area (TPSA) is 186 Å². The molecule has 2 aromatic heterocycles. The van der Waals surface area contributed by atoms with E-state index in [1.807, 2.05) is 172 Å². The fraction of sp³-hybridized carbons (Fsp3) is 0.267. The first-order chi connectivity index (χ1) is 34.9. The number of aromatic nitrogens is 4. The summed E-state index contributed by atoms with van der Waals surface area (Å²) in [6.45, 7) is 4.54. The Labute approximate surface area is 421 Å². The number of nitrogens with one attached hydrogen (secondary N) is 2. The van der Waals surface area contributed by atoms with Crippen LogP contribution in [0.3, 0.4) is 0 Å². The van der Waals surface area contributed by atoms with Gasteiger partial charge in [0.2, 0.25) is 0 Å². The Kier molecular flexibility index (Phi) is 15.0. The van der Waals surface area contributed by atoms with Gasteiger partial charge in [-0.2, -0.15) is 10.2 Å². The van der Waals surface area contributed by atoms with Crippen molar-refractivity contribution in [3.8, 4) is 11.4 Å². The van der Waals surface area contributed by atoms with E-state index in [0.29, 0.717) is 60.5 Å². The second kappa shape index (κ2) is 21.9. The quantitative estimate of drug-likeness (QED) is 0.0490. The minimum Gasteiger partial charge on any atom is -0.380 e. The van der Waals surface area contributed by atoms with E-state index < -0.39 is 11.2 Å². The van der Waals surface area contributed by atoms with E-state index in [4.69, 9.17) is 11.5 Å². The summed E-state index contributed by atoms with van der Waals surface area (Å²) < 4.78 is 3.28. The van der Waals surface area contributed by atoms with Crippen LogP contribution in [0.15, 0.2) is 170 Å². The van der Waals surface area contributed by atoms with Crippen LogP contribution in [0, 0.1) is 25.7 Å². The highest BCUT2D eigenvalue weighted by Crippen LogP contribution is 2.43. The van der Waals surface area contributed by atoms with Crippen molar-refractivity contribution in [2.75, 3.05) is 10.6 Å². The molecule has 6 aromatic carbocycles. The molecule has 2 saturated carbocycles. The smallest absolute Gasteiger partial charge is 0.274 e. The number of aryl methyl sites for hydroxylation is 2. The molecule has 0 bridgehead atoms. The number of nitrogens with zero attached hydrogens (tertiary/aromatic N) is 4. The maximum Gasteiger partial charge on any atom is 0.274 e. The summed E-state index contributed by atoms with van der Waals surface area (Å²) in [7, 11) is 0. The van der Waals surface area contributed by atoms with Crippen molar-refractivity contribution in [2.45, 2.75) is 89.5 Å². The zero-order valence-corrected chi connectivity index (χ0v) is 41.0. The Balaban J connectivity index is 0.000000178. The van der Waals surface area contributed by atoms with E-state index in [1.54, 1.807) is 21.5 Å². The standard InChI is InChI=1S/2C30H32N4O2/c2*1-21-17-28(34(33-21)27-12-5-7-23(18-27)20-31)29(35)32-26-11-6-10-25(19-26)30(36,16-15-22-13-14-22)24-8-3-2-4-9-24/h2*2-12,17-19,22,36H,13-16,20,31H2,1H3,(H,32,35). The lowest BCUT2D eigenvalue weighted by Gasteiger charge is -2.30. The Morgan fingerprint density at radius 1 is 0.514 bits per heavy atom. The molecule has 2 amide bonds. The Morgan fingerprint density at radius 3 is 1.26 bits per heavy atom. The SMILES string of the molecule is Cc1cc(C(=O)Nc2cccc(C(O)(CCC3CC3)c3ccccc3)c2)n(-c2cccc(CN)c2)n1.Cc1cc(C(=O)Nc2cccc(C(O)(CCC3CC3)c3ccccc3)c2)n(-c2cccc(CN)c2)n1. The number of hydrogen-bond acceptors (Lipinski definition) is 8. The van der Waals surface area contributed by atoms with E-state index in [2.05, 4.69) is 20.8 Å². The van der Waals surface area contributed by atoms with Crippen LogP contribution in [0.25, 0.3) is 11.4 Å². The van der Waals surface area contributed by atoms with Crippen molar-refractivity contribution in [1.82, 2.24) is 19.6 Å². The maximum atomic E-state index is 13.4. The molecule has 12 heteroatoms. The minimum absolute atomic E-state index is 0.271. The highest BCUT2D eigenvalue weighted by Gasteiger charge is 2.36. The van der Waals surface area contributed by atoms with Crippen LogP contribution in [0.5, 0.6) is 0 Å². The van der Waals surface area contributed by atoms with Gasteiger partial charge in [0.15, 0.2) is 0 Å². The summed E-state index contributed by atoms with van der Waals surface area (Å²) >= 11 is 0. The van der Waals surface area contributed by atoms with Gasteiger partial charge in [0.05, 0.1) is 22.8 Å². The Bertz CT molecular complexity index is 2930. The van der Waals surface area contributed by atoms with E-state index in [9.17, 15) is 19.8 Å². The molecule has 2 aliphatic rings. The molecule has 2 aliphatic carbocycles. The van der Waals surface area contributed by atoms with Crippen molar-refractivity contribution in [2.24, 2.45) is 23.3 Å². The van der Waals surface area contributed by atoms with Gasteiger partial charge in [0, 0.05) is 24.5 Å². The van der Waals surface area contributed by atoms with Crippen LogP contribution in [0.1, 0.15) is 117 Å². The first-order valence-corrected chi connectivity index (χ1v) is 25.0. The molecule has 368 valence electrons. The molecular formula is C60H64N8O4. The first-order valence-electron chi connectivity index (χ1n) is 25.0. The van der Waals surface area contributed by atoms with E-state index in [-0.39, 0.29) is 11.8 Å². The Hall–Kier alpha value is -7.48. The van der Waals surface area contributed by atoms with Crippen molar-refractivity contribution in [1.29, 1.82) is 0 Å². The third-order valence-corrected chi connectivity index (χ3v) is 13.8.